The number of hydrogen-bond acceptors (Lipinski definition) is 5. The molecule has 106 valence electrons. The molecule has 0 saturated carbocycles. The van der Waals surface area contributed by atoms with Gasteiger partial charge in [0.25, 0.3) is 11.8 Å². The molecule has 3 rings (SSSR count). The van der Waals surface area contributed by atoms with Crippen molar-refractivity contribution in [3.63, 3.8) is 0 Å². The number of aromatic nitrogens is 1. The van der Waals surface area contributed by atoms with Gasteiger partial charge in [0.15, 0.2) is 0 Å². The van der Waals surface area contributed by atoms with E-state index in [4.69, 9.17) is 0 Å². The summed E-state index contributed by atoms with van der Waals surface area (Å²) in [6, 6.07) is 1.56. The highest BCUT2D eigenvalue weighted by Crippen LogP contribution is 2.30. The Hall–Kier alpha value is -2.31. The van der Waals surface area contributed by atoms with Crippen molar-refractivity contribution in [1.29, 1.82) is 0 Å². The number of nitrogens with zero attached hydrogens (tertiary/aromatic N) is 1. The normalized spacial score (nSPS) is 21.6. The smallest absolute Gasteiger partial charge is 0.256 e. The Morgan fingerprint density at radius 3 is 1.60 bits per heavy atom. The van der Waals surface area contributed by atoms with Crippen molar-refractivity contribution in [2.45, 2.75) is 39.0 Å². The summed E-state index contributed by atoms with van der Waals surface area (Å²) in [5.41, 5.74) is -0.394. The minimum atomic E-state index is -0.572. The van der Waals surface area contributed by atoms with Crippen LogP contribution in [0.5, 0.6) is 0 Å². The standard InChI is InChI=1S/C13H17N5O2/c1-12(2)15-8-6(10(19)17-12)5-7-9(14-8)16-13(3,4)18-11(7)20/h5H,1-4H3,(H,17,19)(H,18,20)(H2,14,15,16). The summed E-state index contributed by atoms with van der Waals surface area (Å²) in [4.78, 5) is 28.6. The molecule has 2 amide bonds. The van der Waals surface area contributed by atoms with Crippen LogP contribution >= 0.6 is 0 Å². The predicted octanol–water partition coefficient (Wildman–Crippen LogP) is 0.864. The molecule has 2 aliphatic heterocycles. The number of amides is 2. The van der Waals surface area contributed by atoms with E-state index in [1.807, 2.05) is 27.7 Å². The minimum Gasteiger partial charge on any atom is -0.347 e. The van der Waals surface area contributed by atoms with E-state index < -0.39 is 11.3 Å². The SMILES string of the molecule is CC1(C)NC(=O)c2cc3c(nc2N1)NC(C)(C)NC3=O. The minimum absolute atomic E-state index is 0.239. The highest BCUT2D eigenvalue weighted by molar-refractivity contribution is 6.07. The lowest BCUT2D eigenvalue weighted by atomic mass is 10.0. The number of anilines is 2. The average molecular weight is 275 g/mol. The van der Waals surface area contributed by atoms with E-state index in [1.165, 1.54) is 0 Å². The summed E-state index contributed by atoms with van der Waals surface area (Å²) in [6.45, 7) is 7.39. The number of carbonyl (C=O) groups excluding carboxylic acids is 2. The summed E-state index contributed by atoms with van der Waals surface area (Å²) in [6.07, 6.45) is 0. The predicted molar refractivity (Wildman–Crippen MR) is 74.6 cm³/mol. The van der Waals surface area contributed by atoms with Gasteiger partial charge in [0.05, 0.1) is 11.1 Å². The third kappa shape index (κ3) is 1.95. The van der Waals surface area contributed by atoms with E-state index in [0.29, 0.717) is 22.8 Å². The Kier molecular flexibility index (Phi) is 2.30. The van der Waals surface area contributed by atoms with Crippen LogP contribution < -0.4 is 21.3 Å². The molecule has 0 atom stereocenters. The Labute approximate surface area is 116 Å². The van der Waals surface area contributed by atoms with Crippen LogP contribution in [-0.2, 0) is 0 Å². The molecule has 7 nitrogen and oxygen atoms in total. The third-order valence-corrected chi connectivity index (χ3v) is 3.23. The van der Waals surface area contributed by atoms with Crippen molar-refractivity contribution in [3.8, 4) is 0 Å². The molecular weight excluding hydrogens is 258 g/mol. The van der Waals surface area contributed by atoms with Gasteiger partial charge in [-0.1, -0.05) is 0 Å². The zero-order valence-electron chi connectivity index (χ0n) is 11.8. The first-order valence-electron chi connectivity index (χ1n) is 6.43. The van der Waals surface area contributed by atoms with Crippen LogP contribution in [0.3, 0.4) is 0 Å². The lowest BCUT2D eigenvalue weighted by Crippen LogP contribution is -2.55. The van der Waals surface area contributed by atoms with Crippen LogP contribution in [0.1, 0.15) is 48.4 Å². The lowest BCUT2D eigenvalue weighted by Gasteiger charge is -2.37. The number of hydrogen-bond donors (Lipinski definition) is 4. The maximum absolute atomic E-state index is 12.1. The molecule has 2 aliphatic rings. The first kappa shape index (κ1) is 12.7. The topological polar surface area (TPSA) is 95.2 Å². The number of rotatable bonds is 0. The number of carbonyl (C=O) groups is 2. The fourth-order valence-corrected chi connectivity index (χ4v) is 2.41. The Morgan fingerprint density at radius 2 is 1.20 bits per heavy atom. The van der Waals surface area contributed by atoms with E-state index in [1.54, 1.807) is 6.07 Å². The Morgan fingerprint density at radius 1 is 0.800 bits per heavy atom. The van der Waals surface area contributed by atoms with Crippen molar-refractivity contribution < 1.29 is 9.59 Å². The van der Waals surface area contributed by atoms with Crippen molar-refractivity contribution in [1.82, 2.24) is 15.6 Å². The van der Waals surface area contributed by atoms with E-state index in [-0.39, 0.29) is 11.8 Å². The molecule has 3 heterocycles. The van der Waals surface area contributed by atoms with Crippen molar-refractivity contribution in [2.75, 3.05) is 10.6 Å². The molecular formula is C13H17N5O2. The van der Waals surface area contributed by atoms with Gasteiger partial charge in [0.1, 0.15) is 23.0 Å². The summed E-state index contributed by atoms with van der Waals surface area (Å²) in [5, 5.41) is 11.9. The van der Waals surface area contributed by atoms with Crippen LogP contribution in [0.25, 0.3) is 0 Å². The summed E-state index contributed by atoms with van der Waals surface area (Å²) in [7, 11) is 0. The molecule has 20 heavy (non-hydrogen) atoms. The highest BCUT2D eigenvalue weighted by Gasteiger charge is 2.35. The fraction of sp³-hybridized carbons (Fsp3) is 0.462. The van der Waals surface area contributed by atoms with Gasteiger partial charge >= 0.3 is 0 Å². The van der Waals surface area contributed by atoms with E-state index in [9.17, 15) is 9.59 Å². The lowest BCUT2D eigenvalue weighted by molar-refractivity contribution is 0.0913. The van der Waals surface area contributed by atoms with Gasteiger partial charge in [-0.15, -0.1) is 0 Å². The maximum atomic E-state index is 12.1. The maximum Gasteiger partial charge on any atom is 0.256 e. The first-order chi connectivity index (χ1) is 9.17. The summed E-state index contributed by atoms with van der Waals surface area (Å²) in [5.74, 6) is 0.486. The van der Waals surface area contributed by atoms with Gasteiger partial charge in [-0.05, 0) is 33.8 Å². The highest BCUT2D eigenvalue weighted by atomic mass is 16.2. The monoisotopic (exact) mass is 275 g/mol. The van der Waals surface area contributed by atoms with Crippen LogP contribution in [0.2, 0.25) is 0 Å². The summed E-state index contributed by atoms with van der Waals surface area (Å²) < 4.78 is 0. The second kappa shape index (κ2) is 3.62. The molecule has 1 aromatic heterocycles. The van der Waals surface area contributed by atoms with Gasteiger partial charge in [-0.3, -0.25) is 9.59 Å². The molecule has 0 bridgehead atoms. The van der Waals surface area contributed by atoms with Gasteiger partial charge in [-0.25, -0.2) is 4.98 Å². The van der Waals surface area contributed by atoms with E-state index >= 15 is 0 Å². The van der Waals surface area contributed by atoms with E-state index in [0.717, 1.165) is 0 Å². The first-order valence-corrected chi connectivity index (χ1v) is 6.43. The third-order valence-electron chi connectivity index (χ3n) is 3.23. The Balaban J connectivity index is 2.13. The largest absolute Gasteiger partial charge is 0.347 e. The second-order valence-corrected chi connectivity index (χ2v) is 6.19. The van der Waals surface area contributed by atoms with Crippen LogP contribution in [0.15, 0.2) is 6.07 Å². The number of fused-ring (bicyclic) bond motifs is 2. The molecule has 0 radical (unpaired) electrons. The van der Waals surface area contributed by atoms with E-state index in [2.05, 4.69) is 26.3 Å². The fourth-order valence-electron chi connectivity index (χ4n) is 2.41. The molecule has 0 spiro atoms. The molecule has 0 fully saturated rings. The van der Waals surface area contributed by atoms with Crippen molar-refractivity contribution in [3.05, 3.63) is 17.2 Å². The zero-order valence-corrected chi connectivity index (χ0v) is 11.8. The molecule has 0 aliphatic carbocycles. The number of nitrogens with one attached hydrogen (secondary N) is 4. The average Bonchev–Trinajstić information content (AvgIpc) is 2.23. The van der Waals surface area contributed by atoms with Crippen molar-refractivity contribution >= 4 is 23.5 Å². The van der Waals surface area contributed by atoms with Gasteiger partial charge in [-0.2, -0.15) is 0 Å². The van der Waals surface area contributed by atoms with Crippen molar-refractivity contribution in [2.24, 2.45) is 0 Å². The molecule has 0 unspecified atom stereocenters. The van der Waals surface area contributed by atoms with Gasteiger partial charge < -0.3 is 21.3 Å². The van der Waals surface area contributed by atoms with Crippen LogP contribution in [0, 0.1) is 0 Å². The molecule has 0 saturated heterocycles. The van der Waals surface area contributed by atoms with Gasteiger partial charge in [0.2, 0.25) is 0 Å². The molecule has 0 aromatic carbocycles. The quantitative estimate of drug-likeness (QED) is 0.563. The molecule has 1 aromatic rings. The van der Waals surface area contributed by atoms with Gasteiger partial charge in [0, 0.05) is 0 Å². The van der Waals surface area contributed by atoms with Crippen LogP contribution in [-0.4, -0.2) is 28.1 Å². The summed E-state index contributed by atoms with van der Waals surface area (Å²) >= 11 is 0. The molecule has 4 N–H and O–H groups in total. The Bertz CT molecular complexity index is 585. The number of pyridine rings is 1. The second-order valence-electron chi connectivity index (χ2n) is 6.19. The molecule has 7 heteroatoms. The zero-order chi connectivity index (χ0) is 14.7. The van der Waals surface area contributed by atoms with Crippen LogP contribution in [0.4, 0.5) is 11.6 Å².